The number of hydrogen-bond donors (Lipinski definition) is 3. The Labute approximate surface area is 247 Å². The van der Waals surface area contributed by atoms with Crippen molar-refractivity contribution in [3.05, 3.63) is 28.9 Å². The third kappa shape index (κ3) is 8.42. The van der Waals surface area contributed by atoms with Gasteiger partial charge in [-0.3, -0.25) is 5.32 Å². The molecule has 0 unspecified atom stereocenters. The van der Waals surface area contributed by atoms with Crippen LogP contribution in [0.4, 0.5) is 15.3 Å². The number of hydrogen-bond acceptors (Lipinski definition) is 8. The average Bonchev–Trinajstić information content (AvgIpc) is 3.61. The lowest BCUT2D eigenvalue weighted by Crippen LogP contribution is -2.40. The van der Waals surface area contributed by atoms with Gasteiger partial charge in [0.15, 0.2) is 0 Å². The van der Waals surface area contributed by atoms with Crippen molar-refractivity contribution < 1.29 is 27.5 Å². The lowest BCUT2D eigenvalue weighted by atomic mass is 9.86. The number of thiazole rings is 1. The van der Waals surface area contributed by atoms with Gasteiger partial charge >= 0.3 is 12.2 Å². The highest BCUT2D eigenvalue weighted by Gasteiger charge is 2.35. The van der Waals surface area contributed by atoms with E-state index < -0.39 is 27.8 Å². The SMILES string of the molecule is CCNS(=O)(=O)c1cc(NC(=O)OC(C)C)ccc1-c1sc(C2CCC(NC(=O)OC(C)(C)C)CC2)nc1C1CC1. The first kappa shape index (κ1) is 31.2. The van der Waals surface area contributed by atoms with E-state index in [1.807, 2.05) is 20.8 Å². The molecule has 2 amide bonds. The van der Waals surface area contributed by atoms with Crippen LogP contribution in [0.1, 0.15) is 103 Å². The van der Waals surface area contributed by atoms with Gasteiger partial charge in [-0.25, -0.2) is 27.7 Å². The van der Waals surface area contributed by atoms with Gasteiger partial charge in [0.25, 0.3) is 0 Å². The van der Waals surface area contributed by atoms with E-state index in [0.29, 0.717) is 17.2 Å². The number of sulfonamides is 1. The minimum Gasteiger partial charge on any atom is -0.447 e. The second kappa shape index (κ2) is 12.7. The van der Waals surface area contributed by atoms with Crippen LogP contribution in [0.5, 0.6) is 0 Å². The molecule has 0 bridgehead atoms. The Morgan fingerprint density at radius 3 is 2.29 bits per heavy atom. The minimum atomic E-state index is -3.86. The van der Waals surface area contributed by atoms with Crippen molar-refractivity contribution in [2.75, 3.05) is 11.9 Å². The average molecular weight is 607 g/mol. The monoisotopic (exact) mass is 606 g/mol. The van der Waals surface area contributed by atoms with Crippen LogP contribution in [0.25, 0.3) is 10.4 Å². The summed E-state index contributed by atoms with van der Waals surface area (Å²) >= 11 is 1.56. The third-order valence-electron chi connectivity index (χ3n) is 6.87. The molecular weight excluding hydrogens is 564 g/mol. The fourth-order valence-electron chi connectivity index (χ4n) is 4.95. The number of aromatic nitrogens is 1. The van der Waals surface area contributed by atoms with E-state index in [0.717, 1.165) is 54.1 Å². The van der Waals surface area contributed by atoms with Crippen molar-refractivity contribution in [2.24, 2.45) is 0 Å². The summed E-state index contributed by atoms with van der Waals surface area (Å²) in [6, 6.07) is 4.99. The van der Waals surface area contributed by atoms with E-state index in [4.69, 9.17) is 14.5 Å². The summed E-state index contributed by atoms with van der Waals surface area (Å²) in [5.41, 5.74) is 1.33. The number of alkyl carbamates (subject to hydrolysis) is 1. The molecule has 2 saturated carbocycles. The molecule has 1 heterocycles. The van der Waals surface area contributed by atoms with Gasteiger partial charge in [-0.05, 0) is 85.3 Å². The molecule has 0 saturated heterocycles. The molecule has 0 aliphatic heterocycles. The van der Waals surface area contributed by atoms with Gasteiger partial charge in [-0.1, -0.05) is 13.0 Å². The molecule has 2 aliphatic carbocycles. The molecule has 0 atom stereocenters. The van der Waals surface area contributed by atoms with Gasteiger partial charge in [0.05, 0.1) is 26.6 Å². The van der Waals surface area contributed by atoms with Gasteiger partial charge in [0.2, 0.25) is 10.0 Å². The van der Waals surface area contributed by atoms with Gasteiger partial charge in [0.1, 0.15) is 5.60 Å². The number of rotatable bonds is 9. The van der Waals surface area contributed by atoms with Crippen LogP contribution in [0, 0.1) is 0 Å². The number of nitrogens with zero attached hydrogens (tertiary/aromatic N) is 1. The van der Waals surface area contributed by atoms with Crippen LogP contribution < -0.4 is 15.4 Å². The number of ether oxygens (including phenoxy) is 2. The molecule has 2 aromatic rings. The highest BCUT2D eigenvalue weighted by molar-refractivity contribution is 7.89. The molecule has 4 rings (SSSR count). The highest BCUT2D eigenvalue weighted by atomic mass is 32.2. The zero-order chi connectivity index (χ0) is 29.9. The van der Waals surface area contributed by atoms with Crippen LogP contribution in [0.3, 0.4) is 0 Å². The lowest BCUT2D eigenvalue weighted by molar-refractivity contribution is 0.0491. The molecule has 2 fully saturated rings. The highest BCUT2D eigenvalue weighted by Crippen LogP contribution is 2.49. The fourth-order valence-corrected chi connectivity index (χ4v) is 7.65. The first-order valence-corrected chi connectivity index (χ1v) is 16.7. The van der Waals surface area contributed by atoms with Gasteiger partial charge in [0, 0.05) is 35.7 Å². The topological polar surface area (TPSA) is 136 Å². The summed E-state index contributed by atoms with van der Waals surface area (Å²) in [5.74, 6) is 0.553. The summed E-state index contributed by atoms with van der Waals surface area (Å²) in [7, 11) is -3.86. The molecule has 3 N–H and O–H groups in total. The molecule has 2 aliphatic rings. The van der Waals surface area contributed by atoms with E-state index in [1.165, 1.54) is 6.07 Å². The number of nitrogens with one attached hydrogen (secondary N) is 3. The second-order valence-electron chi connectivity index (χ2n) is 12.0. The summed E-state index contributed by atoms with van der Waals surface area (Å²) in [4.78, 5) is 30.5. The number of amides is 2. The van der Waals surface area contributed by atoms with E-state index in [9.17, 15) is 18.0 Å². The zero-order valence-electron chi connectivity index (χ0n) is 24.7. The van der Waals surface area contributed by atoms with Crippen LogP contribution in [-0.2, 0) is 19.5 Å². The van der Waals surface area contributed by atoms with Crippen LogP contribution >= 0.6 is 11.3 Å². The Balaban J connectivity index is 1.59. The molecule has 0 spiro atoms. The van der Waals surface area contributed by atoms with E-state index in [-0.39, 0.29) is 29.5 Å². The second-order valence-corrected chi connectivity index (χ2v) is 14.8. The fraction of sp³-hybridized carbons (Fsp3) is 0.621. The minimum absolute atomic E-state index is 0.0581. The Kier molecular flexibility index (Phi) is 9.65. The Bertz CT molecular complexity index is 1350. The molecule has 41 heavy (non-hydrogen) atoms. The van der Waals surface area contributed by atoms with Crippen molar-refractivity contribution in [3.8, 4) is 10.4 Å². The Morgan fingerprint density at radius 2 is 1.71 bits per heavy atom. The van der Waals surface area contributed by atoms with E-state index in [2.05, 4.69) is 15.4 Å². The molecule has 1 aromatic carbocycles. The van der Waals surface area contributed by atoms with Crippen molar-refractivity contribution in [1.82, 2.24) is 15.0 Å². The number of carbonyl (C=O) groups is 2. The Morgan fingerprint density at radius 1 is 1.05 bits per heavy atom. The number of benzene rings is 1. The van der Waals surface area contributed by atoms with Crippen molar-refractivity contribution >= 4 is 39.2 Å². The Hall–Kier alpha value is -2.70. The van der Waals surface area contributed by atoms with Crippen LogP contribution in [-0.4, -0.2) is 49.9 Å². The largest absolute Gasteiger partial charge is 0.447 e. The van der Waals surface area contributed by atoms with Crippen LogP contribution in [0.15, 0.2) is 23.1 Å². The summed E-state index contributed by atoms with van der Waals surface area (Å²) in [6.07, 6.45) is 4.11. The predicted octanol–water partition coefficient (Wildman–Crippen LogP) is 6.49. The molecule has 10 nitrogen and oxygen atoms in total. The number of anilines is 1. The normalized spacial score (nSPS) is 19.6. The third-order valence-corrected chi connectivity index (χ3v) is 9.72. The zero-order valence-corrected chi connectivity index (χ0v) is 26.3. The number of carbonyl (C=O) groups excluding carboxylic acids is 2. The van der Waals surface area contributed by atoms with Gasteiger partial charge < -0.3 is 14.8 Å². The van der Waals surface area contributed by atoms with Gasteiger partial charge in [-0.15, -0.1) is 11.3 Å². The first-order valence-electron chi connectivity index (χ1n) is 14.4. The first-order chi connectivity index (χ1) is 19.3. The van der Waals surface area contributed by atoms with Crippen LogP contribution in [0.2, 0.25) is 0 Å². The maximum Gasteiger partial charge on any atom is 0.411 e. The lowest BCUT2D eigenvalue weighted by Gasteiger charge is -2.29. The standard InChI is InChI=1S/C29H42N4O6S2/c1-7-30-41(36,37)23-16-21(32-27(34)38-17(2)3)14-15-22(23)25-24(18-8-9-18)33-26(40-25)19-10-12-20(13-11-19)31-28(35)39-29(4,5)6/h14-20,30H,7-13H2,1-6H3,(H,31,35)(H,32,34). The van der Waals surface area contributed by atoms with E-state index >= 15 is 0 Å². The molecule has 226 valence electrons. The van der Waals surface area contributed by atoms with Crippen molar-refractivity contribution in [1.29, 1.82) is 0 Å². The predicted molar refractivity (Wildman–Crippen MR) is 160 cm³/mol. The van der Waals surface area contributed by atoms with Gasteiger partial charge in [-0.2, -0.15) is 0 Å². The summed E-state index contributed by atoms with van der Waals surface area (Å²) in [5, 5.41) is 6.64. The molecule has 1 aromatic heterocycles. The summed E-state index contributed by atoms with van der Waals surface area (Å²) < 4.78 is 39.9. The van der Waals surface area contributed by atoms with E-state index in [1.54, 1.807) is 44.2 Å². The van der Waals surface area contributed by atoms with Crippen molar-refractivity contribution in [3.63, 3.8) is 0 Å². The maximum atomic E-state index is 13.3. The smallest absolute Gasteiger partial charge is 0.411 e. The molecule has 0 radical (unpaired) electrons. The maximum absolute atomic E-state index is 13.3. The molecular formula is C29H42N4O6S2. The summed E-state index contributed by atoms with van der Waals surface area (Å²) in [6.45, 7) is 11.0. The quantitative estimate of drug-likeness (QED) is 0.297. The molecule has 12 heteroatoms. The van der Waals surface area contributed by atoms with Crippen molar-refractivity contribution in [2.45, 2.75) is 115 Å².